The molecule has 0 saturated heterocycles. The molecule has 0 heterocycles. The Morgan fingerprint density at radius 2 is 1.55 bits per heavy atom. The fraction of sp³-hybridized carbons (Fsp3) is 0.778. The molecule has 0 bridgehead atoms. The van der Waals surface area contributed by atoms with E-state index in [-0.39, 0.29) is 0 Å². The van der Waals surface area contributed by atoms with Gasteiger partial charge < -0.3 is 0 Å². The summed E-state index contributed by atoms with van der Waals surface area (Å²) in [5.74, 6) is 0. The van der Waals surface area contributed by atoms with E-state index < -0.39 is 0 Å². The van der Waals surface area contributed by atoms with Crippen molar-refractivity contribution in [1.29, 1.82) is 0 Å². The van der Waals surface area contributed by atoms with E-state index in [2.05, 4.69) is 57.3 Å². The first-order valence-electron chi connectivity index (χ1n) is 4.18. The molecule has 0 rings (SSSR count). The predicted molar refractivity (Wildman–Crippen MR) is 70.0 cm³/mol. The molecule has 0 aliphatic heterocycles. The first kappa shape index (κ1) is 12.2. The molecule has 0 aromatic heterocycles. The monoisotopic (exact) mass is 378 g/mol. The third-order valence-corrected chi connectivity index (χ3v) is 2.78. The van der Waals surface area contributed by atoms with Crippen LogP contribution in [0.4, 0.5) is 0 Å². The van der Waals surface area contributed by atoms with Crippen LogP contribution in [0.15, 0.2) is 12.2 Å². The number of halogens is 2. The summed E-state index contributed by atoms with van der Waals surface area (Å²) in [6.07, 6.45) is 11.4. The molecule has 11 heavy (non-hydrogen) atoms. The molecule has 0 radical (unpaired) electrons. The maximum Gasteiger partial charge on any atom is 0.0175 e. The zero-order chi connectivity index (χ0) is 8.36. The minimum atomic E-state index is 1.16. The van der Waals surface area contributed by atoms with Crippen molar-refractivity contribution in [3.8, 4) is 0 Å². The van der Waals surface area contributed by atoms with Crippen LogP contribution in [-0.4, -0.2) is 8.86 Å². The van der Waals surface area contributed by atoms with Crippen LogP contribution in [0, 0.1) is 0 Å². The lowest BCUT2D eigenvalue weighted by Gasteiger charge is -1.94. The van der Waals surface area contributed by atoms with Gasteiger partial charge in [-0.1, -0.05) is 70.2 Å². The highest BCUT2D eigenvalue weighted by molar-refractivity contribution is 14.1. The van der Waals surface area contributed by atoms with Gasteiger partial charge in [0.25, 0.3) is 0 Å². The summed E-state index contributed by atoms with van der Waals surface area (Å²) in [6, 6.07) is 0. The van der Waals surface area contributed by atoms with E-state index in [1.807, 2.05) is 0 Å². The molecule has 0 aliphatic rings. The van der Waals surface area contributed by atoms with Gasteiger partial charge in [-0.15, -0.1) is 0 Å². The summed E-state index contributed by atoms with van der Waals surface area (Å²) in [5.41, 5.74) is 0. The molecule has 0 amide bonds. The summed E-state index contributed by atoms with van der Waals surface area (Å²) in [5, 5.41) is 0. The highest BCUT2D eigenvalue weighted by atomic mass is 127. The van der Waals surface area contributed by atoms with Crippen LogP contribution < -0.4 is 0 Å². The van der Waals surface area contributed by atoms with Gasteiger partial charge in [-0.05, 0) is 23.7 Å². The van der Waals surface area contributed by atoms with Crippen molar-refractivity contribution in [3.63, 3.8) is 0 Å². The Balaban J connectivity index is 2.85. The quantitative estimate of drug-likeness (QED) is 0.267. The van der Waals surface area contributed by atoms with E-state index in [1.54, 1.807) is 0 Å². The first-order chi connectivity index (χ1) is 5.41. The maximum absolute atomic E-state index is 2.45. The lowest BCUT2D eigenvalue weighted by molar-refractivity contribution is 0.681. The van der Waals surface area contributed by atoms with Crippen molar-refractivity contribution < 1.29 is 0 Å². The van der Waals surface area contributed by atoms with Crippen molar-refractivity contribution in [1.82, 2.24) is 0 Å². The largest absolute Gasteiger partial charge is 0.0878 e. The molecule has 2 heteroatoms. The van der Waals surface area contributed by atoms with Gasteiger partial charge in [0.15, 0.2) is 0 Å². The van der Waals surface area contributed by atoms with Gasteiger partial charge >= 0.3 is 0 Å². The Hall–Kier alpha value is 1.20. The van der Waals surface area contributed by atoms with E-state index in [1.165, 1.54) is 36.5 Å². The SMILES string of the molecule is ICC=CCCCCCCI. The van der Waals surface area contributed by atoms with Crippen LogP contribution >= 0.6 is 45.2 Å². The molecular formula is C9H16I2. The number of allylic oxidation sites excluding steroid dienone is 2. The Bertz CT molecular complexity index is 89.6. The standard InChI is InChI=1S/C9H16I2/c10-8-6-4-2-1-3-5-7-9-11/h4,6H,1-3,5,7-9H2. The number of alkyl halides is 2. The van der Waals surface area contributed by atoms with Gasteiger partial charge in [0, 0.05) is 4.43 Å². The van der Waals surface area contributed by atoms with Crippen molar-refractivity contribution in [3.05, 3.63) is 12.2 Å². The van der Waals surface area contributed by atoms with E-state index >= 15 is 0 Å². The molecule has 0 fully saturated rings. The minimum absolute atomic E-state index is 1.16. The molecule has 0 aromatic rings. The summed E-state index contributed by atoms with van der Waals surface area (Å²) in [4.78, 5) is 0. The van der Waals surface area contributed by atoms with E-state index in [9.17, 15) is 0 Å². The highest BCUT2D eigenvalue weighted by Crippen LogP contribution is 2.05. The Morgan fingerprint density at radius 1 is 0.818 bits per heavy atom. The molecule has 0 aliphatic carbocycles. The summed E-state index contributed by atoms with van der Waals surface area (Å²) < 4.78 is 2.48. The lowest BCUT2D eigenvalue weighted by atomic mass is 10.1. The second-order valence-electron chi connectivity index (χ2n) is 2.52. The van der Waals surface area contributed by atoms with Gasteiger partial charge in [-0.25, -0.2) is 0 Å². The molecule has 0 spiro atoms. The summed E-state index contributed by atoms with van der Waals surface area (Å²) in [6.45, 7) is 0. The first-order valence-corrected chi connectivity index (χ1v) is 7.24. The predicted octanol–water partition coefficient (Wildman–Crippen LogP) is 4.36. The molecule has 0 nitrogen and oxygen atoms in total. The average molecular weight is 378 g/mol. The summed E-state index contributed by atoms with van der Waals surface area (Å²) >= 11 is 4.82. The van der Waals surface area contributed by atoms with Crippen molar-refractivity contribution in [2.24, 2.45) is 0 Å². The third kappa shape index (κ3) is 11.2. The van der Waals surface area contributed by atoms with Gasteiger partial charge in [0.05, 0.1) is 0 Å². The zero-order valence-corrected chi connectivity index (χ0v) is 11.2. The van der Waals surface area contributed by atoms with Crippen LogP contribution in [0.2, 0.25) is 0 Å². The Kier molecular flexibility index (Phi) is 12.4. The van der Waals surface area contributed by atoms with Crippen LogP contribution in [0.5, 0.6) is 0 Å². The molecule has 0 saturated carbocycles. The fourth-order valence-corrected chi connectivity index (χ4v) is 1.79. The molecule has 0 atom stereocenters. The normalized spacial score (nSPS) is 11.1. The molecule has 66 valence electrons. The van der Waals surface area contributed by atoms with Crippen LogP contribution in [-0.2, 0) is 0 Å². The van der Waals surface area contributed by atoms with E-state index in [0.29, 0.717) is 0 Å². The highest BCUT2D eigenvalue weighted by Gasteiger charge is 1.85. The third-order valence-electron chi connectivity index (χ3n) is 1.51. The number of hydrogen-bond acceptors (Lipinski definition) is 0. The summed E-state index contributed by atoms with van der Waals surface area (Å²) in [7, 11) is 0. The van der Waals surface area contributed by atoms with E-state index in [4.69, 9.17) is 0 Å². The zero-order valence-electron chi connectivity index (χ0n) is 6.86. The second-order valence-corrected chi connectivity index (χ2v) is 4.48. The van der Waals surface area contributed by atoms with E-state index in [0.717, 1.165) is 4.43 Å². The van der Waals surface area contributed by atoms with Gasteiger partial charge in [-0.2, -0.15) is 0 Å². The number of unbranched alkanes of at least 4 members (excludes halogenated alkanes) is 4. The van der Waals surface area contributed by atoms with Gasteiger partial charge in [0.2, 0.25) is 0 Å². The molecule has 0 aromatic carbocycles. The molecular weight excluding hydrogens is 362 g/mol. The van der Waals surface area contributed by atoms with Crippen molar-refractivity contribution in [2.45, 2.75) is 32.1 Å². The Morgan fingerprint density at radius 3 is 2.18 bits per heavy atom. The number of hydrogen-bond donors (Lipinski definition) is 0. The fourth-order valence-electron chi connectivity index (χ4n) is 0.891. The molecule has 0 N–H and O–H groups in total. The number of rotatable bonds is 7. The lowest BCUT2D eigenvalue weighted by Crippen LogP contribution is -1.77. The van der Waals surface area contributed by atoms with Crippen LogP contribution in [0.25, 0.3) is 0 Å². The van der Waals surface area contributed by atoms with Crippen molar-refractivity contribution >= 4 is 45.2 Å². The maximum atomic E-state index is 2.45. The Labute approximate surface area is 97.5 Å². The van der Waals surface area contributed by atoms with Crippen LogP contribution in [0.3, 0.4) is 0 Å². The van der Waals surface area contributed by atoms with Gasteiger partial charge in [-0.3, -0.25) is 0 Å². The molecule has 0 unspecified atom stereocenters. The smallest absolute Gasteiger partial charge is 0.0175 e. The minimum Gasteiger partial charge on any atom is -0.0878 e. The van der Waals surface area contributed by atoms with Gasteiger partial charge in [0.1, 0.15) is 0 Å². The topological polar surface area (TPSA) is 0 Å². The average Bonchev–Trinajstić information content (AvgIpc) is 2.03. The van der Waals surface area contributed by atoms with Crippen LogP contribution in [0.1, 0.15) is 32.1 Å². The van der Waals surface area contributed by atoms with Crippen molar-refractivity contribution in [2.75, 3.05) is 8.86 Å². The second kappa shape index (κ2) is 11.2.